The van der Waals surface area contributed by atoms with E-state index in [0.29, 0.717) is 27.5 Å². The van der Waals surface area contributed by atoms with Crippen LogP contribution in [0.25, 0.3) is 0 Å². The van der Waals surface area contributed by atoms with Crippen LogP contribution in [0.5, 0.6) is 17.2 Å². The van der Waals surface area contributed by atoms with Crippen molar-refractivity contribution in [3.8, 4) is 17.2 Å². The third kappa shape index (κ3) is 6.20. The second-order valence-electron chi connectivity index (χ2n) is 15.4. The summed E-state index contributed by atoms with van der Waals surface area (Å²) in [5, 5.41) is 37.1. The number of halogens is 2. The molecule has 4 aliphatic rings. The first-order chi connectivity index (χ1) is 29.0. The van der Waals surface area contributed by atoms with Gasteiger partial charge in [0.2, 0.25) is 11.8 Å². The smallest absolute Gasteiger partial charge is 0.301 e. The molecule has 3 fully saturated rings. The number of rotatable bonds is 10. The van der Waals surface area contributed by atoms with E-state index in [1.54, 1.807) is 36.4 Å². The summed E-state index contributed by atoms with van der Waals surface area (Å²) in [6, 6.07) is 17.7. The molecular formula is C42H36Cl2N6O11. The second kappa shape index (κ2) is 15.1. The number of carbonyl (C=O) groups is 4. The fourth-order valence-electron chi connectivity index (χ4n) is 9.81. The minimum Gasteiger partial charge on any atom is -0.504 e. The van der Waals surface area contributed by atoms with E-state index in [-0.39, 0.29) is 46.4 Å². The van der Waals surface area contributed by atoms with Gasteiger partial charge in [0, 0.05) is 37.2 Å². The number of hydrazine groups is 1. The third-order valence-corrected chi connectivity index (χ3v) is 12.8. The number of phenols is 1. The molecule has 0 spiro atoms. The minimum atomic E-state index is -1.74. The quantitative estimate of drug-likeness (QED) is 0.0728. The average molecular weight is 872 g/mol. The lowest BCUT2D eigenvalue weighted by molar-refractivity contribution is -0.392. The predicted molar refractivity (Wildman–Crippen MR) is 222 cm³/mol. The van der Waals surface area contributed by atoms with Crippen molar-refractivity contribution in [1.82, 2.24) is 5.01 Å². The van der Waals surface area contributed by atoms with Crippen LogP contribution in [-0.2, 0) is 24.6 Å². The number of methoxy groups -OCH3 is 2. The van der Waals surface area contributed by atoms with Crippen molar-refractivity contribution in [2.75, 3.05) is 43.5 Å². The fraction of sp³-hybridized carbons (Fsp3) is 0.286. The zero-order valence-electron chi connectivity index (χ0n) is 32.8. The van der Waals surface area contributed by atoms with E-state index in [1.165, 1.54) is 63.5 Å². The lowest BCUT2D eigenvalue weighted by Gasteiger charge is -2.50. The highest BCUT2D eigenvalue weighted by atomic mass is 35.5. The summed E-state index contributed by atoms with van der Waals surface area (Å²) in [6.07, 6.45) is 1.63. The number of carbonyl (C=O) groups excluding carboxylic acids is 4. The molecule has 19 heteroatoms. The van der Waals surface area contributed by atoms with Crippen LogP contribution < -0.4 is 24.7 Å². The summed E-state index contributed by atoms with van der Waals surface area (Å²) in [5.41, 5.74) is 0.666. The van der Waals surface area contributed by atoms with Gasteiger partial charge in [0.25, 0.3) is 11.8 Å². The van der Waals surface area contributed by atoms with Crippen molar-refractivity contribution in [2.24, 2.45) is 23.7 Å². The first-order valence-corrected chi connectivity index (χ1v) is 19.6. The molecule has 6 atom stereocenters. The molecule has 0 unspecified atom stereocenters. The third-order valence-electron chi connectivity index (χ3n) is 12.3. The first-order valence-electron chi connectivity index (χ1n) is 18.9. The minimum absolute atomic E-state index is 0.0238. The Kier molecular flexibility index (Phi) is 10.1. The molecule has 8 rings (SSSR count). The summed E-state index contributed by atoms with van der Waals surface area (Å²) >= 11 is 12.7. The summed E-state index contributed by atoms with van der Waals surface area (Å²) in [7, 11) is 5.65. The van der Waals surface area contributed by atoms with Crippen molar-refractivity contribution < 1.29 is 43.6 Å². The lowest BCUT2D eigenvalue weighted by atomic mass is 9.49. The van der Waals surface area contributed by atoms with E-state index in [9.17, 15) is 34.9 Å². The molecule has 61 heavy (non-hydrogen) atoms. The standard InChI is InChI=1S/C42H36Cl2N6O11/c1-46(2)37-31(49(56)57)17-23(18-32(37)50(58)59)47-38(52)26-12-11-25-27(35(26)40(47)54)19-28-39(53)48(45-30-13-8-22(43)16-29(30)44)41(55)42(28,21-6-9-24(60-3)10-7-21)36(25)20-5-14-34(61-4)33(51)15-20/h5-11,13-18,26-28,35-36,45,51H,12,19H2,1-4H3/t26-,27+,28-,35-,36-,42+/m0/s1. The molecule has 2 aliphatic heterocycles. The van der Waals surface area contributed by atoms with Gasteiger partial charge in [0.05, 0.1) is 63.6 Å². The molecule has 2 saturated heterocycles. The molecule has 4 aromatic rings. The number of nitro benzene ring substituents is 2. The van der Waals surface area contributed by atoms with Crippen molar-refractivity contribution >= 4 is 75.3 Å². The number of fused-ring (bicyclic) bond motifs is 4. The van der Waals surface area contributed by atoms with Crippen molar-refractivity contribution in [3.05, 3.63) is 126 Å². The van der Waals surface area contributed by atoms with Gasteiger partial charge in [-0.1, -0.05) is 53.1 Å². The highest BCUT2D eigenvalue weighted by molar-refractivity contribution is 6.36. The van der Waals surface area contributed by atoms with E-state index in [2.05, 4.69) is 5.43 Å². The van der Waals surface area contributed by atoms with E-state index < -0.39 is 79.9 Å². The number of nitrogens with one attached hydrogen (secondary N) is 1. The van der Waals surface area contributed by atoms with Crippen LogP contribution in [0.3, 0.4) is 0 Å². The van der Waals surface area contributed by atoms with E-state index in [1.807, 2.05) is 0 Å². The highest BCUT2D eigenvalue weighted by Crippen LogP contribution is 2.65. The summed E-state index contributed by atoms with van der Waals surface area (Å²) in [4.78, 5) is 84.6. The van der Waals surface area contributed by atoms with Gasteiger partial charge in [-0.2, -0.15) is 5.01 Å². The molecule has 4 amide bonds. The Morgan fingerprint density at radius 2 is 1.52 bits per heavy atom. The van der Waals surface area contributed by atoms with E-state index in [0.717, 1.165) is 22.0 Å². The summed E-state index contributed by atoms with van der Waals surface area (Å²) in [5.74, 6) is -7.83. The van der Waals surface area contributed by atoms with Crippen LogP contribution in [-0.4, -0.2) is 71.9 Å². The maximum atomic E-state index is 15.5. The number of allylic oxidation sites excluding steroid dienone is 2. The molecule has 2 heterocycles. The number of hydrogen-bond donors (Lipinski definition) is 2. The maximum absolute atomic E-state index is 15.5. The van der Waals surface area contributed by atoms with Crippen LogP contribution >= 0.6 is 23.2 Å². The number of anilines is 3. The van der Waals surface area contributed by atoms with E-state index in [4.69, 9.17) is 32.7 Å². The van der Waals surface area contributed by atoms with E-state index >= 15 is 9.59 Å². The highest BCUT2D eigenvalue weighted by Gasteiger charge is 2.70. The van der Waals surface area contributed by atoms with Crippen LogP contribution in [0.15, 0.2) is 84.4 Å². The summed E-state index contributed by atoms with van der Waals surface area (Å²) in [6.45, 7) is 0. The Hall–Kier alpha value is -6.72. The Balaban J connectivity index is 1.32. The van der Waals surface area contributed by atoms with Gasteiger partial charge < -0.3 is 19.5 Å². The molecule has 0 bridgehead atoms. The van der Waals surface area contributed by atoms with Gasteiger partial charge in [-0.25, -0.2) is 4.90 Å². The Morgan fingerprint density at radius 1 is 0.852 bits per heavy atom. The molecule has 0 aromatic heterocycles. The predicted octanol–water partition coefficient (Wildman–Crippen LogP) is 6.79. The Bertz CT molecular complexity index is 2590. The molecule has 1 saturated carbocycles. The maximum Gasteiger partial charge on any atom is 0.301 e. The lowest BCUT2D eigenvalue weighted by Crippen LogP contribution is -2.53. The number of aromatic hydroxyl groups is 1. The fourth-order valence-corrected chi connectivity index (χ4v) is 10.3. The zero-order chi connectivity index (χ0) is 43.8. The number of phenolic OH excluding ortho intramolecular Hbond substituents is 1. The number of benzene rings is 4. The number of amides is 4. The van der Waals surface area contributed by atoms with Crippen LogP contribution in [0.4, 0.5) is 28.4 Å². The van der Waals surface area contributed by atoms with Gasteiger partial charge in [0.15, 0.2) is 17.2 Å². The molecule has 4 aromatic carbocycles. The zero-order valence-corrected chi connectivity index (χ0v) is 34.3. The normalized spacial score (nSPS) is 24.2. The molecule has 2 aliphatic carbocycles. The topological polar surface area (TPSA) is 215 Å². The van der Waals surface area contributed by atoms with Crippen molar-refractivity contribution in [1.29, 1.82) is 0 Å². The molecular weight excluding hydrogens is 835 g/mol. The average Bonchev–Trinajstić information content (AvgIpc) is 3.61. The van der Waals surface area contributed by atoms with Crippen molar-refractivity contribution in [3.63, 3.8) is 0 Å². The Morgan fingerprint density at radius 3 is 2.10 bits per heavy atom. The van der Waals surface area contributed by atoms with Crippen LogP contribution in [0, 0.1) is 43.9 Å². The van der Waals surface area contributed by atoms with Gasteiger partial charge >= 0.3 is 11.4 Å². The van der Waals surface area contributed by atoms with Gasteiger partial charge in [-0.3, -0.25) is 44.8 Å². The molecule has 0 radical (unpaired) electrons. The number of imide groups is 2. The second-order valence-corrected chi connectivity index (χ2v) is 16.2. The van der Waals surface area contributed by atoms with Gasteiger partial charge in [0.1, 0.15) is 5.75 Å². The summed E-state index contributed by atoms with van der Waals surface area (Å²) < 4.78 is 10.8. The largest absolute Gasteiger partial charge is 0.504 e. The number of nitrogens with zero attached hydrogens (tertiary/aromatic N) is 5. The van der Waals surface area contributed by atoms with Gasteiger partial charge in [-0.05, 0) is 72.4 Å². The number of ether oxygens (including phenoxy) is 2. The molecule has 314 valence electrons. The SMILES string of the molecule is COc1ccc([C@@]23C(=O)N(Nc4ccc(Cl)cc4Cl)C(=O)[C@@H]2C[C@@H]2C(=CC[C@@H]4C(=O)N(c5cc([N+](=O)[O-])c(N(C)C)c([N+](=O)[O-])c5)C(=O)[C@@H]42)[C@@H]3c2ccc(OC)c(O)c2)cc1. The number of nitro groups is 2. The molecule has 17 nitrogen and oxygen atoms in total. The van der Waals surface area contributed by atoms with Gasteiger partial charge in [-0.15, -0.1) is 0 Å². The Labute approximate surface area is 357 Å². The first kappa shape index (κ1) is 41.0. The van der Waals surface area contributed by atoms with Crippen LogP contribution in [0.2, 0.25) is 10.0 Å². The van der Waals surface area contributed by atoms with Crippen molar-refractivity contribution in [2.45, 2.75) is 24.2 Å². The number of hydrogen-bond acceptors (Lipinski definition) is 13. The monoisotopic (exact) mass is 870 g/mol. The van der Waals surface area contributed by atoms with Crippen LogP contribution in [0.1, 0.15) is 29.9 Å². The molecule has 2 N–H and O–H groups in total.